The van der Waals surface area contributed by atoms with Crippen molar-refractivity contribution in [1.82, 2.24) is 10.6 Å². The molecule has 1 unspecified atom stereocenters. The van der Waals surface area contributed by atoms with Crippen molar-refractivity contribution < 1.29 is 23.5 Å². The second kappa shape index (κ2) is 10.6. The van der Waals surface area contributed by atoms with E-state index < -0.39 is 17.9 Å². The summed E-state index contributed by atoms with van der Waals surface area (Å²) in [7, 11) is 2.98. The first kappa shape index (κ1) is 23.0. The number of carbonyl (C=O) groups is 2. The lowest BCUT2D eigenvalue weighted by Crippen LogP contribution is -2.36. The van der Waals surface area contributed by atoms with Gasteiger partial charge in [0.1, 0.15) is 11.5 Å². The van der Waals surface area contributed by atoms with E-state index >= 15 is 0 Å². The topological polar surface area (TPSA) is 76.7 Å². The largest absolute Gasteiger partial charge is 0.493 e. The number of hydrogen-bond donors (Lipinski definition) is 2. The number of carbonyl (C=O) groups excluding carboxylic acids is 2. The molecule has 0 radical (unpaired) electrons. The summed E-state index contributed by atoms with van der Waals surface area (Å²) < 4.78 is 23.6. The third kappa shape index (κ3) is 5.73. The first-order valence-corrected chi connectivity index (χ1v) is 10.6. The fraction of sp³-hybridized carbons (Fsp3) is 0.167. The highest BCUT2D eigenvalue weighted by atomic mass is 32.1. The molecule has 0 saturated carbocycles. The minimum absolute atomic E-state index is 0.0844. The Morgan fingerprint density at radius 1 is 1.03 bits per heavy atom. The maximum Gasteiger partial charge on any atom is 0.268 e. The summed E-state index contributed by atoms with van der Waals surface area (Å²) in [6.45, 7) is 1.78. The molecule has 0 aliphatic rings. The van der Waals surface area contributed by atoms with Gasteiger partial charge in [0.2, 0.25) is 0 Å². The van der Waals surface area contributed by atoms with E-state index in [2.05, 4.69) is 10.6 Å². The molecule has 8 heteroatoms. The van der Waals surface area contributed by atoms with Gasteiger partial charge in [-0.05, 0) is 60.3 Å². The van der Waals surface area contributed by atoms with E-state index in [9.17, 15) is 14.0 Å². The highest BCUT2D eigenvalue weighted by molar-refractivity contribution is 7.10. The van der Waals surface area contributed by atoms with Crippen LogP contribution in [0.25, 0.3) is 6.08 Å². The van der Waals surface area contributed by atoms with Gasteiger partial charge in [0.15, 0.2) is 11.5 Å². The zero-order valence-electron chi connectivity index (χ0n) is 17.8. The van der Waals surface area contributed by atoms with Crippen LogP contribution in [0, 0.1) is 5.82 Å². The second-order valence-corrected chi connectivity index (χ2v) is 7.82. The molecule has 0 fully saturated rings. The summed E-state index contributed by atoms with van der Waals surface area (Å²) in [5.41, 5.74) is 1.13. The molecule has 1 heterocycles. The zero-order valence-corrected chi connectivity index (χ0v) is 18.7. The van der Waals surface area contributed by atoms with Gasteiger partial charge in [-0.3, -0.25) is 9.59 Å². The average Bonchev–Trinajstić information content (AvgIpc) is 3.31. The molecule has 166 valence electrons. The Morgan fingerprint density at radius 2 is 1.75 bits per heavy atom. The molecule has 2 amide bonds. The number of halogens is 1. The normalized spacial score (nSPS) is 12.1. The molecule has 0 saturated heterocycles. The first-order valence-electron chi connectivity index (χ1n) is 9.76. The number of benzene rings is 2. The molecule has 6 nitrogen and oxygen atoms in total. The number of methoxy groups -OCH3 is 2. The van der Waals surface area contributed by atoms with Crippen molar-refractivity contribution in [3.63, 3.8) is 0 Å². The molecular formula is C24H23FN2O4S. The smallest absolute Gasteiger partial charge is 0.268 e. The molecule has 0 aliphatic carbocycles. The number of amides is 2. The van der Waals surface area contributed by atoms with E-state index in [0.717, 1.165) is 10.4 Å². The molecule has 0 bridgehead atoms. The Labute approximate surface area is 189 Å². The average molecular weight is 455 g/mol. The van der Waals surface area contributed by atoms with Gasteiger partial charge in [0.05, 0.1) is 20.3 Å². The second-order valence-electron chi connectivity index (χ2n) is 6.84. The Hall–Kier alpha value is -3.65. The monoisotopic (exact) mass is 454 g/mol. The number of ether oxygens (including phenoxy) is 2. The number of nitrogens with one attached hydrogen (secondary N) is 2. The molecular weight excluding hydrogens is 431 g/mol. The Bertz CT molecular complexity index is 1110. The molecule has 3 rings (SSSR count). The summed E-state index contributed by atoms with van der Waals surface area (Å²) in [6, 6.07) is 13.9. The van der Waals surface area contributed by atoms with Crippen LogP contribution in [0.1, 0.15) is 33.8 Å². The maximum atomic E-state index is 13.2. The van der Waals surface area contributed by atoms with Gasteiger partial charge in [-0.25, -0.2) is 4.39 Å². The van der Waals surface area contributed by atoms with E-state index in [1.165, 1.54) is 43.8 Å². The molecule has 2 aromatic carbocycles. The molecule has 32 heavy (non-hydrogen) atoms. The molecule has 3 aromatic rings. The minimum Gasteiger partial charge on any atom is -0.493 e. The van der Waals surface area contributed by atoms with Crippen molar-refractivity contribution in [3.05, 3.63) is 87.5 Å². The van der Waals surface area contributed by atoms with Crippen molar-refractivity contribution in [2.45, 2.75) is 13.0 Å². The zero-order chi connectivity index (χ0) is 23.1. The van der Waals surface area contributed by atoms with Crippen molar-refractivity contribution in [2.75, 3.05) is 14.2 Å². The van der Waals surface area contributed by atoms with Crippen LogP contribution in [0.15, 0.2) is 65.7 Å². The first-order chi connectivity index (χ1) is 15.4. The van der Waals surface area contributed by atoms with Crippen LogP contribution in [0.3, 0.4) is 0 Å². The maximum absolute atomic E-state index is 13.2. The fourth-order valence-corrected chi connectivity index (χ4v) is 3.61. The van der Waals surface area contributed by atoms with Gasteiger partial charge in [-0.2, -0.15) is 0 Å². The van der Waals surface area contributed by atoms with Crippen LogP contribution < -0.4 is 20.1 Å². The molecule has 0 spiro atoms. The molecule has 1 atom stereocenters. The Morgan fingerprint density at radius 3 is 2.38 bits per heavy atom. The van der Waals surface area contributed by atoms with E-state index in [-0.39, 0.29) is 11.5 Å². The van der Waals surface area contributed by atoms with Crippen molar-refractivity contribution in [3.8, 4) is 11.5 Å². The van der Waals surface area contributed by atoms with Crippen molar-refractivity contribution in [2.24, 2.45) is 0 Å². The highest BCUT2D eigenvalue weighted by Gasteiger charge is 2.19. The molecule has 0 aliphatic heterocycles. The van der Waals surface area contributed by atoms with Crippen LogP contribution >= 0.6 is 11.3 Å². The van der Waals surface area contributed by atoms with Crippen LogP contribution in [0.5, 0.6) is 11.5 Å². The number of hydrogen-bond acceptors (Lipinski definition) is 5. The third-order valence-corrected chi connectivity index (χ3v) is 5.51. The van der Waals surface area contributed by atoms with E-state index in [0.29, 0.717) is 17.1 Å². The summed E-state index contributed by atoms with van der Waals surface area (Å²) in [5.74, 6) is -0.405. The lowest BCUT2D eigenvalue weighted by Gasteiger charge is -2.17. The Kier molecular flexibility index (Phi) is 7.62. The van der Waals surface area contributed by atoms with Crippen LogP contribution in [0.4, 0.5) is 4.39 Å². The van der Waals surface area contributed by atoms with E-state index in [4.69, 9.17) is 9.47 Å². The van der Waals surface area contributed by atoms with Gasteiger partial charge >= 0.3 is 0 Å². The van der Waals surface area contributed by atoms with E-state index in [1.54, 1.807) is 37.3 Å². The number of thiophene rings is 1. The van der Waals surface area contributed by atoms with Crippen LogP contribution in [-0.2, 0) is 4.79 Å². The fourth-order valence-electron chi connectivity index (χ4n) is 2.96. The van der Waals surface area contributed by atoms with Gasteiger partial charge in [0, 0.05) is 10.4 Å². The highest BCUT2D eigenvalue weighted by Crippen LogP contribution is 2.27. The summed E-state index contributed by atoms with van der Waals surface area (Å²) >= 11 is 1.43. The lowest BCUT2D eigenvalue weighted by molar-refractivity contribution is -0.118. The minimum atomic E-state index is -0.474. The summed E-state index contributed by atoms with van der Waals surface area (Å²) in [6.07, 6.45) is 1.61. The standard InChI is InChI=1S/C24H23FN2O4S/c1-15(16-6-9-18(25)10-7-16)26-24(29)20(14-19-5-4-12-32-19)27-23(28)17-8-11-21(30-2)22(13-17)31-3/h4-15H,1-3H3,(H,26,29)(H,27,28)/b20-14-. The van der Waals surface area contributed by atoms with Gasteiger partial charge in [0.25, 0.3) is 11.8 Å². The number of rotatable bonds is 8. The predicted molar refractivity (Wildman–Crippen MR) is 122 cm³/mol. The lowest BCUT2D eigenvalue weighted by atomic mass is 10.1. The van der Waals surface area contributed by atoms with Crippen LogP contribution in [-0.4, -0.2) is 26.0 Å². The van der Waals surface area contributed by atoms with Gasteiger partial charge in [-0.15, -0.1) is 11.3 Å². The summed E-state index contributed by atoms with van der Waals surface area (Å²) in [4.78, 5) is 26.7. The van der Waals surface area contributed by atoms with Crippen LogP contribution in [0.2, 0.25) is 0 Å². The molecule has 2 N–H and O–H groups in total. The van der Waals surface area contributed by atoms with Crippen molar-refractivity contribution in [1.29, 1.82) is 0 Å². The molecule has 1 aromatic heterocycles. The summed E-state index contributed by atoms with van der Waals surface area (Å²) in [5, 5.41) is 7.40. The van der Waals surface area contributed by atoms with Gasteiger partial charge in [-0.1, -0.05) is 18.2 Å². The van der Waals surface area contributed by atoms with Gasteiger partial charge < -0.3 is 20.1 Å². The Balaban J connectivity index is 1.82. The SMILES string of the molecule is COc1ccc(C(=O)N/C(=C\c2cccs2)C(=O)NC(C)c2ccc(F)cc2)cc1OC. The predicted octanol–water partition coefficient (Wildman–Crippen LogP) is 4.55. The third-order valence-electron chi connectivity index (χ3n) is 4.69. The van der Waals surface area contributed by atoms with Crippen molar-refractivity contribution >= 4 is 29.2 Å². The quantitative estimate of drug-likeness (QED) is 0.490. The van der Waals surface area contributed by atoms with E-state index in [1.807, 2.05) is 17.5 Å².